The average Bonchev–Trinajstić information content (AvgIpc) is 2.73. The van der Waals surface area contributed by atoms with Crippen LogP contribution in [0.3, 0.4) is 0 Å². The molecular weight excluding hydrogens is 383 g/mol. The van der Waals surface area contributed by atoms with Gasteiger partial charge in [0.15, 0.2) is 5.82 Å². The second-order valence-corrected chi connectivity index (χ2v) is 9.28. The number of nitrogens with one attached hydrogen (secondary N) is 1. The van der Waals surface area contributed by atoms with Crippen LogP contribution < -0.4 is 10.5 Å². The first-order valence-corrected chi connectivity index (χ1v) is 8.94. The number of hydrogen-bond donors (Lipinski definition) is 2. The van der Waals surface area contributed by atoms with Crippen molar-refractivity contribution in [2.45, 2.75) is 38.6 Å². The van der Waals surface area contributed by atoms with Gasteiger partial charge in [-0.05, 0) is 32.8 Å². The molecule has 2 rings (SSSR count). The zero-order valence-electron chi connectivity index (χ0n) is 12.1. The van der Waals surface area contributed by atoms with Gasteiger partial charge in [-0.25, -0.2) is 17.5 Å². The van der Waals surface area contributed by atoms with Crippen molar-refractivity contribution in [1.29, 1.82) is 0 Å². The predicted molar refractivity (Wildman–Crippen MR) is 85.2 cm³/mol. The average molecular weight is 400 g/mol. The lowest BCUT2D eigenvalue weighted by Crippen LogP contribution is -2.30. The maximum absolute atomic E-state index is 14.2. The molecule has 0 unspecified atom stereocenters. The predicted octanol–water partition coefficient (Wildman–Crippen LogP) is 3.54. The highest BCUT2D eigenvalue weighted by Gasteiger charge is 2.66. The van der Waals surface area contributed by atoms with Crippen LogP contribution in [0.5, 0.6) is 0 Å². The van der Waals surface area contributed by atoms with E-state index in [1.165, 1.54) is 0 Å². The highest BCUT2D eigenvalue weighted by atomic mass is 79.9. The van der Waals surface area contributed by atoms with Crippen LogP contribution in [0, 0.1) is 16.6 Å². The van der Waals surface area contributed by atoms with Gasteiger partial charge in [-0.15, -0.1) is 0 Å². The van der Waals surface area contributed by atoms with Crippen molar-refractivity contribution < 1.29 is 12.8 Å². The van der Waals surface area contributed by atoms with Gasteiger partial charge < -0.3 is 5.73 Å². The standard InChI is InChI=1S/C13H17BrClFN2O2S/c1-12(2)11(13(12,3)4)18-21(19,20)7-5-6(15)8(14)10(17)9(7)16/h5,11,18H,17H2,1-4H3. The van der Waals surface area contributed by atoms with E-state index >= 15 is 0 Å². The second-order valence-electron chi connectivity index (χ2n) is 6.40. The normalized spacial score (nSPS) is 20.5. The summed E-state index contributed by atoms with van der Waals surface area (Å²) < 4.78 is 41.7. The molecule has 0 heterocycles. The SMILES string of the molecule is CC1(C)C(NS(=O)(=O)c2cc(Cl)c(Br)c(N)c2F)C1(C)C. The zero-order chi connectivity index (χ0) is 16.4. The van der Waals surface area contributed by atoms with Gasteiger partial charge in [-0.3, -0.25) is 0 Å². The van der Waals surface area contributed by atoms with Crippen LogP contribution in [0.25, 0.3) is 0 Å². The highest BCUT2D eigenvalue weighted by molar-refractivity contribution is 9.10. The number of sulfonamides is 1. The van der Waals surface area contributed by atoms with E-state index in [0.29, 0.717) is 0 Å². The van der Waals surface area contributed by atoms with Crippen LogP contribution in [-0.2, 0) is 10.0 Å². The molecule has 0 saturated heterocycles. The van der Waals surface area contributed by atoms with Crippen LogP contribution >= 0.6 is 27.5 Å². The van der Waals surface area contributed by atoms with Crippen molar-refractivity contribution in [3.8, 4) is 0 Å². The van der Waals surface area contributed by atoms with Crippen molar-refractivity contribution in [3.05, 3.63) is 21.4 Å². The number of anilines is 1. The van der Waals surface area contributed by atoms with E-state index in [2.05, 4.69) is 20.7 Å². The lowest BCUT2D eigenvalue weighted by Gasteiger charge is -2.12. The number of nitrogen functional groups attached to an aromatic ring is 1. The molecule has 1 aromatic carbocycles. The number of halogens is 3. The summed E-state index contributed by atoms with van der Waals surface area (Å²) in [4.78, 5) is -0.535. The van der Waals surface area contributed by atoms with Gasteiger partial charge >= 0.3 is 0 Å². The second kappa shape index (κ2) is 4.81. The van der Waals surface area contributed by atoms with Gasteiger partial charge in [0.2, 0.25) is 10.0 Å². The van der Waals surface area contributed by atoms with Crippen LogP contribution in [0.4, 0.5) is 10.1 Å². The Bertz CT molecular complexity index is 705. The number of rotatable bonds is 3. The molecule has 0 radical (unpaired) electrons. The summed E-state index contributed by atoms with van der Waals surface area (Å²) in [5.41, 5.74) is 4.80. The first-order valence-electron chi connectivity index (χ1n) is 6.29. The maximum atomic E-state index is 14.2. The minimum absolute atomic E-state index is 0.0450. The highest BCUT2D eigenvalue weighted by Crippen LogP contribution is 2.63. The molecule has 0 aromatic heterocycles. The van der Waals surface area contributed by atoms with E-state index in [9.17, 15) is 12.8 Å². The van der Waals surface area contributed by atoms with Gasteiger partial charge in [0.1, 0.15) is 4.90 Å². The molecule has 1 aromatic rings. The molecule has 4 nitrogen and oxygen atoms in total. The minimum Gasteiger partial charge on any atom is -0.395 e. The third-order valence-corrected chi connectivity index (χ3v) is 7.54. The summed E-state index contributed by atoms with van der Waals surface area (Å²) in [6.07, 6.45) is 0. The molecule has 1 aliphatic carbocycles. The molecule has 0 amide bonds. The van der Waals surface area contributed by atoms with Gasteiger partial charge in [-0.1, -0.05) is 39.3 Å². The Kier molecular flexibility index (Phi) is 3.89. The van der Waals surface area contributed by atoms with Crippen molar-refractivity contribution in [1.82, 2.24) is 4.72 Å². The van der Waals surface area contributed by atoms with Crippen molar-refractivity contribution in [2.24, 2.45) is 10.8 Å². The topological polar surface area (TPSA) is 72.2 Å². The van der Waals surface area contributed by atoms with E-state index in [-0.39, 0.29) is 32.1 Å². The first-order chi connectivity index (χ1) is 9.34. The molecule has 21 heavy (non-hydrogen) atoms. The van der Waals surface area contributed by atoms with Crippen molar-refractivity contribution in [2.75, 3.05) is 5.73 Å². The quantitative estimate of drug-likeness (QED) is 0.603. The molecule has 8 heteroatoms. The molecule has 0 aliphatic heterocycles. The van der Waals surface area contributed by atoms with E-state index in [1.807, 2.05) is 27.7 Å². The van der Waals surface area contributed by atoms with Crippen LogP contribution in [0.1, 0.15) is 27.7 Å². The molecule has 0 bridgehead atoms. The largest absolute Gasteiger partial charge is 0.395 e. The molecule has 1 fully saturated rings. The van der Waals surface area contributed by atoms with Crippen LogP contribution in [0.15, 0.2) is 15.4 Å². The Hall–Kier alpha value is -0.370. The fourth-order valence-corrected chi connectivity index (χ4v) is 4.71. The summed E-state index contributed by atoms with van der Waals surface area (Å²) in [7, 11) is -4.04. The summed E-state index contributed by atoms with van der Waals surface area (Å²) in [5.74, 6) is -1.00. The summed E-state index contributed by atoms with van der Waals surface area (Å²) in [5, 5.41) is 0.0450. The van der Waals surface area contributed by atoms with Crippen LogP contribution in [0.2, 0.25) is 5.02 Å². The summed E-state index contributed by atoms with van der Waals surface area (Å²) in [6.45, 7) is 7.83. The van der Waals surface area contributed by atoms with E-state index in [0.717, 1.165) is 6.07 Å². The molecule has 1 aliphatic rings. The minimum atomic E-state index is -4.04. The third kappa shape index (κ3) is 2.48. The maximum Gasteiger partial charge on any atom is 0.243 e. The molecular formula is C13H17BrClFN2O2S. The van der Waals surface area contributed by atoms with Gasteiger partial charge in [-0.2, -0.15) is 0 Å². The van der Waals surface area contributed by atoms with E-state index in [1.54, 1.807) is 0 Å². The first kappa shape index (κ1) is 17.0. The Labute approximate surface area is 137 Å². The van der Waals surface area contributed by atoms with E-state index in [4.69, 9.17) is 17.3 Å². The smallest absolute Gasteiger partial charge is 0.243 e. The Balaban J connectivity index is 2.44. The summed E-state index contributed by atoms with van der Waals surface area (Å²) >= 11 is 8.89. The fourth-order valence-electron chi connectivity index (χ4n) is 2.50. The molecule has 1 saturated carbocycles. The molecule has 3 N–H and O–H groups in total. The van der Waals surface area contributed by atoms with Crippen molar-refractivity contribution in [3.63, 3.8) is 0 Å². The van der Waals surface area contributed by atoms with Gasteiger partial charge in [0.05, 0.1) is 15.2 Å². The lowest BCUT2D eigenvalue weighted by atomic mass is 10.0. The number of hydrogen-bond acceptors (Lipinski definition) is 3. The zero-order valence-corrected chi connectivity index (χ0v) is 15.2. The Morgan fingerprint density at radius 2 is 1.81 bits per heavy atom. The third-order valence-electron chi connectivity index (χ3n) is 4.74. The molecule has 0 spiro atoms. The molecule has 0 atom stereocenters. The van der Waals surface area contributed by atoms with Crippen LogP contribution in [-0.4, -0.2) is 14.5 Å². The van der Waals surface area contributed by atoms with Crippen molar-refractivity contribution >= 4 is 43.2 Å². The fraction of sp³-hybridized carbons (Fsp3) is 0.538. The summed E-state index contributed by atoms with van der Waals surface area (Å²) in [6, 6.07) is 0.778. The van der Waals surface area contributed by atoms with Gasteiger partial charge in [0.25, 0.3) is 0 Å². The number of benzene rings is 1. The number of nitrogens with two attached hydrogens (primary N) is 1. The molecule has 118 valence electrons. The Morgan fingerprint density at radius 3 is 2.24 bits per heavy atom. The van der Waals surface area contributed by atoms with E-state index < -0.39 is 20.7 Å². The monoisotopic (exact) mass is 398 g/mol. The lowest BCUT2D eigenvalue weighted by molar-refractivity contribution is 0.457. The Morgan fingerprint density at radius 1 is 1.33 bits per heavy atom. The van der Waals surface area contributed by atoms with Gasteiger partial charge in [0, 0.05) is 6.04 Å².